The second-order valence-electron chi connectivity index (χ2n) is 17.9. The van der Waals surface area contributed by atoms with Gasteiger partial charge in [0.05, 0.1) is 25.2 Å². The molecule has 0 radical (unpaired) electrons. The van der Waals surface area contributed by atoms with Crippen molar-refractivity contribution in [2.24, 2.45) is 0 Å². The normalized spacial score (nSPS) is 13.7. The van der Waals surface area contributed by atoms with E-state index in [1.54, 1.807) is 0 Å². The molecule has 3 N–H and O–H groups in total. The predicted octanol–water partition coefficient (Wildman–Crippen LogP) is 16.0. The number of rotatable bonds is 47. The number of amides is 1. The number of unbranched alkanes of at least 4 members (excludes halogenated alkanes) is 25. The molecule has 1 amide bonds. The van der Waals surface area contributed by atoms with Crippen LogP contribution in [-0.4, -0.2) is 46.9 Å². The number of aliphatic hydroxyl groups is 2. The van der Waals surface area contributed by atoms with Gasteiger partial charge in [-0.15, -0.1) is 0 Å². The molecule has 360 valence electrons. The highest BCUT2D eigenvalue weighted by Gasteiger charge is 2.24. The van der Waals surface area contributed by atoms with Gasteiger partial charge in [0.25, 0.3) is 0 Å². The van der Waals surface area contributed by atoms with Crippen LogP contribution in [0.2, 0.25) is 0 Å². The number of carbonyl (C=O) groups excluding carboxylic acids is 2. The van der Waals surface area contributed by atoms with Crippen LogP contribution in [-0.2, 0) is 14.3 Å². The van der Waals surface area contributed by atoms with Crippen LogP contribution in [0.4, 0.5) is 0 Å². The standard InChI is InChI=1S/C56H101NO5/c1-4-7-10-13-16-19-22-24-26-27-29-31-34-37-40-43-46-49-56(61)62-52(47-44-41-38-35-33-30-28-25-23-20-17-14-11-8-5-2)50-55(60)57-53(51-58)54(59)48-45-42-39-36-32-21-18-15-12-9-6-3/h16-17,19-20,24-26,28-29,31,52-54,58-59H,4-15,18,21-23,27,30,32-51H2,1-3H3,(H,57,60)/b19-16-,20-17-,26-24-,28-25-,31-29-. The lowest BCUT2D eigenvalue weighted by Crippen LogP contribution is -2.46. The third kappa shape index (κ3) is 44.2. The maximum Gasteiger partial charge on any atom is 0.306 e. The van der Waals surface area contributed by atoms with Gasteiger partial charge >= 0.3 is 5.97 Å². The van der Waals surface area contributed by atoms with Crippen LogP contribution >= 0.6 is 0 Å². The molecule has 0 aliphatic heterocycles. The summed E-state index contributed by atoms with van der Waals surface area (Å²) in [5, 5.41) is 23.8. The summed E-state index contributed by atoms with van der Waals surface area (Å²) in [6.07, 6.45) is 61.3. The van der Waals surface area contributed by atoms with Gasteiger partial charge in [0.15, 0.2) is 0 Å². The molecule has 3 atom stereocenters. The summed E-state index contributed by atoms with van der Waals surface area (Å²) >= 11 is 0. The molecule has 0 spiro atoms. The topological polar surface area (TPSA) is 95.9 Å². The zero-order chi connectivity index (χ0) is 45.2. The smallest absolute Gasteiger partial charge is 0.306 e. The van der Waals surface area contributed by atoms with Crippen LogP contribution in [0.25, 0.3) is 0 Å². The molecule has 0 aliphatic rings. The Kier molecular flexibility index (Phi) is 47.6. The van der Waals surface area contributed by atoms with Crippen molar-refractivity contribution in [2.75, 3.05) is 6.61 Å². The number of allylic oxidation sites excluding steroid dienone is 10. The van der Waals surface area contributed by atoms with Crippen molar-refractivity contribution in [3.63, 3.8) is 0 Å². The number of esters is 1. The van der Waals surface area contributed by atoms with E-state index in [1.807, 2.05) is 0 Å². The van der Waals surface area contributed by atoms with Gasteiger partial charge in [-0.25, -0.2) is 0 Å². The van der Waals surface area contributed by atoms with Crippen molar-refractivity contribution in [3.05, 3.63) is 60.8 Å². The molecule has 0 heterocycles. The van der Waals surface area contributed by atoms with Crippen molar-refractivity contribution in [1.82, 2.24) is 5.32 Å². The summed E-state index contributed by atoms with van der Waals surface area (Å²) in [5.74, 6) is -0.510. The fourth-order valence-electron chi connectivity index (χ4n) is 7.76. The van der Waals surface area contributed by atoms with Gasteiger partial charge in [-0.05, 0) is 96.3 Å². The van der Waals surface area contributed by atoms with E-state index >= 15 is 0 Å². The van der Waals surface area contributed by atoms with Gasteiger partial charge in [-0.3, -0.25) is 9.59 Å². The predicted molar refractivity (Wildman–Crippen MR) is 268 cm³/mol. The van der Waals surface area contributed by atoms with Crippen LogP contribution in [0.3, 0.4) is 0 Å². The van der Waals surface area contributed by atoms with Gasteiger partial charge in [0, 0.05) is 6.42 Å². The van der Waals surface area contributed by atoms with Crippen molar-refractivity contribution in [1.29, 1.82) is 0 Å². The molecule has 0 rings (SSSR count). The highest BCUT2D eigenvalue weighted by molar-refractivity contribution is 5.77. The summed E-state index contributed by atoms with van der Waals surface area (Å²) in [7, 11) is 0. The maximum atomic E-state index is 13.2. The zero-order valence-corrected chi connectivity index (χ0v) is 41.0. The van der Waals surface area contributed by atoms with E-state index in [2.05, 4.69) is 86.8 Å². The lowest BCUT2D eigenvalue weighted by atomic mass is 10.0. The fourth-order valence-corrected chi connectivity index (χ4v) is 7.76. The molecule has 0 aromatic heterocycles. The number of ether oxygens (including phenoxy) is 1. The molecule has 0 saturated heterocycles. The quantitative estimate of drug-likeness (QED) is 0.0322. The lowest BCUT2D eigenvalue weighted by molar-refractivity contribution is -0.151. The van der Waals surface area contributed by atoms with E-state index in [0.29, 0.717) is 19.3 Å². The first-order valence-corrected chi connectivity index (χ1v) is 26.5. The molecule has 0 aromatic carbocycles. The Labute approximate surface area is 384 Å². The minimum atomic E-state index is -0.796. The van der Waals surface area contributed by atoms with Gasteiger partial charge in [0.1, 0.15) is 6.10 Å². The average Bonchev–Trinajstić information content (AvgIpc) is 3.26. The highest BCUT2D eigenvalue weighted by Crippen LogP contribution is 2.17. The second kappa shape index (κ2) is 49.6. The minimum absolute atomic E-state index is 0.0581. The molecule has 0 bridgehead atoms. The van der Waals surface area contributed by atoms with E-state index in [0.717, 1.165) is 96.3 Å². The Morgan fingerprint density at radius 3 is 1.27 bits per heavy atom. The van der Waals surface area contributed by atoms with Crippen molar-refractivity contribution in [2.45, 2.75) is 277 Å². The summed E-state index contributed by atoms with van der Waals surface area (Å²) in [4.78, 5) is 26.2. The first-order chi connectivity index (χ1) is 30.5. The van der Waals surface area contributed by atoms with Crippen molar-refractivity contribution < 1.29 is 24.5 Å². The largest absolute Gasteiger partial charge is 0.462 e. The Bertz CT molecular complexity index is 1110. The van der Waals surface area contributed by atoms with Gasteiger partial charge in [-0.1, -0.05) is 210 Å². The molecular weight excluding hydrogens is 767 g/mol. The zero-order valence-electron chi connectivity index (χ0n) is 41.0. The third-order valence-electron chi connectivity index (χ3n) is 11.8. The van der Waals surface area contributed by atoms with Crippen LogP contribution < -0.4 is 5.32 Å². The molecule has 6 nitrogen and oxygen atoms in total. The van der Waals surface area contributed by atoms with Crippen LogP contribution in [0.1, 0.15) is 258 Å². The van der Waals surface area contributed by atoms with Crippen molar-refractivity contribution >= 4 is 11.9 Å². The summed E-state index contributed by atoms with van der Waals surface area (Å²) < 4.78 is 5.93. The number of hydrogen-bond acceptors (Lipinski definition) is 5. The molecule has 0 aliphatic carbocycles. The summed E-state index contributed by atoms with van der Waals surface area (Å²) in [6, 6.07) is -0.712. The van der Waals surface area contributed by atoms with E-state index in [9.17, 15) is 19.8 Å². The molecule has 62 heavy (non-hydrogen) atoms. The van der Waals surface area contributed by atoms with Gasteiger partial charge < -0.3 is 20.3 Å². The van der Waals surface area contributed by atoms with Crippen LogP contribution in [0.15, 0.2) is 60.8 Å². The highest BCUT2D eigenvalue weighted by atomic mass is 16.5. The van der Waals surface area contributed by atoms with Gasteiger partial charge in [-0.2, -0.15) is 0 Å². The maximum absolute atomic E-state index is 13.2. The molecule has 3 unspecified atom stereocenters. The first kappa shape index (κ1) is 59.6. The summed E-state index contributed by atoms with van der Waals surface area (Å²) in [6.45, 7) is 6.42. The Balaban J connectivity index is 4.65. The van der Waals surface area contributed by atoms with E-state index in [1.165, 1.54) is 116 Å². The number of hydrogen-bond donors (Lipinski definition) is 3. The molecular formula is C56H101NO5. The van der Waals surface area contributed by atoms with Gasteiger partial charge in [0.2, 0.25) is 5.91 Å². The molecule has 0 saturated carbocycles. The monoisotopic (exact) mass is 868 g/mol. The molecule has 0 aromatic rings. The Morgan fingerprint density at radius 2 is 0.823 bits per heavy atom. The molecule has 0 fully saturated rings. The van der Waals surface area contributed by atoms with E-state index in [-0.39, 0.29) is 24.9 Å². The molecule has 6 heteroatoms. The minimum Gasteiger partial charge on any atom is -0.462 e. The first-order valence-electron chi connectivity index (χ1n) is 26.5. The van der Waals surface area contributed by atoms with Crippen molar-refractivity contribution in [3.8, 4) is 0 Å². The SMILES string of the molecule is CCCCC/C=C\C/C=C\C/C=C\CCCCCCC(=O)OC(CCCCCCC/C=C\C/C=C\CCCCC)CC(=O)NC(CO)C(O)CCCCCCCCCCCCC. The summed E-state index contributed by atoms with van der Waals surface area (Å²) in [5.41, 5.74) is 0. The Morgan fingerprint density at radius 1 is 0.468 bits per heavy atom. The Hall–Kier alpha value is -2.44. The lowest BCUT2D eigenvalue weighted by Gasteiger charge is -2.24. The fraction of sp³-hybridized carbons (Fsp3) is 0.786. The number of aliphatic hydroxyl groups excluding tert-OH is 2. The van der Waals surface area contributed by atoms with E-state index < -0.39 is 18.2 Å². The third-order valence-corrected chi connectivity index (χ3v) is 11.8. The van der Waals surface area contributed by atoms with E-state index in [4.69, 9.17) is 4.74 Å². The van der Waals surface area contributed by atoms with Crippen LogP contribution in [0.5, 0.6) is 0 Å². The number of carbonyl (C=O) groups is 2. The number of nitrogens with one attached hydrogen (secondary N) is 1. The van der Waals surface area contributed by atoms with Crippen LogP contribution in [0, 0.1) is 0 Å². The average molecular weight is 868 g/mol. The second-order valence-corrected chi connectivity index (χ2v) is 17.9.